The Bertz CT molecular complexity index is 779. The van der Waals surface area contributed by atoms with E-state index in [4.69, 9.17) is 11.6 Å². The van der Waals surface area contributed by atoms with Gasteiger partial charge in [0.25, 0.3) is 0 Å². The van der Waals surface area contributed by atoms with Gasteiger partial charge in [0.2, 0.25) is 0 Å². The number of aromatic nitrogens is 4. The van der Waals surface area contributed by atoms with Gasteiger partial charge in [0.05, 0.1) is 16.4 Å². The summed E-state index contributed by atoms with van der Waals surface area (Å²) in [6.07, 6.45) is 3.88. The standard InChI is InChI=1S/C14H15BrClN5/c1-19(9-12-5-13(15)18-20(12)2)7-11-8-21-6-10(16)3-4-14(21)17-11/h3-6,8H,7,9H2,1-2H3. The van der Waals surface area contributed by atoms with Crippen LogP contribution >= 0.6 is 27.5 Å². The summed E-state index contributed by atoms with van der Waals surface area (Å²) >= 11 is 9.38. The molecule has 0 aliphatic carbocycles. The molecule has 0 bridgehead atoms. The quantitative estimate of drug-likeness (QED) is 0.710. The molecule has 3 rings (SSSR count). The van der Waals surface area contributed by atoms with Gasteiger partial charge in [-0.25, -0.2) is 4.98 Å². The van der Waals surface area contributed by atoms with Gasteiger partial charge in [0.1, 0.15) is 10.3 Å². The Morgan fingerprint density at radius 3 is 2.81 bits per heavy atom. The second kappa shape index (κ2) is 5.79. The van der Waals surface area contributed by atoms with Crippen LogP contribution in [0.25, 0.3) is 5.65 Å². The molecule has 3 aromatic rings. The molecule has 21 heavy (non-hydrogen) atoms. The fourth-order valence-electron chi connectivity index (χ4n) is 2.32. The Morgan fingerprint density at radius 2 is 2.10 bits per heavy atom. The highest BCUT2D eigenvalue weighted by Crippen LogP contribution is 2.15. The predicted molar refractivity (Wildman–Crippen MR) is 86.3 cm³/mol. The van der Waals surface area contributed by atoms with Gasteiger partial charge in [-0.1, -0.05) is 11.6 Å². The molecule has 0 aromatic carbocycles. The van der Waals surface area contributed by atoms with E-state index in [1.807, 2.05) is 46.7 Å². The monoisotopic (exact) mass is 367 g/mol. The number of hydrogen-bond donors (Lipinski definition) is 0. The Balaban J connectivity index is 1.73. The molecule has 0 radical (unpaired) electrons. The van der Waals surface area contributed by atoms with Crippen LogP contribution in [0.15, 0.2) is 35.2 Å². The van der Waals surface area contributed by atoms with E-state index >= 15 is 0 Å². The van der Waals surface area contributed by atoms with Crippen molar-refractivity contribution >= 4 is 33.2 Å². The predicted octanol–water partition coefficient (Wildman–Crippen LogP) is 3.12. The van der Waals surface area contributed by atoms with Crippen LogP contribution in [0.3, 0.4) is 0 Å². The maximum Gasteiger partial charge on any atom is 0.137 e. The van der Waals surface area contributed by atoms with Gasteiger partial charge in [-0.2, -0.15) is 5.10 Å². The van der Waals surface area contributed by atoms with E-state index in [1.165, 1.54) is 0 Å². The second-order valence-electron chi connectivity index (χ2n) is 5.10. The molecule has 3 heterocycles. The molecule has 0 aliphatic rings. The van der Waals surface area contributed by atoms with Crippen LogP contribution < -0.4 is 0 Å². The van der Waals surface area contributed by atoms with Crippen LogP contribution in [0, 0.1) is 0 Å². The normalized spacial score (nSPS) is 11.7. The molecule has 0 amide bonds. The van der Waals surface area contributed by atoms with Crippen molar-refractivity contribution in [2.24, 2.45) is 7.05 Å². The van der Waals surface area contributed by atoms with Crippen molar-refractivity contribution in [3.63, 3.8) is 0 Å². The number of fused-ring (bicyclic) bond motifs is 1. The van der Waals surface area contributed by atoms with Gasteiger partial charge in [0, 0.05) is 32.5 Å². The van der Waals surface area contributed by atoms with Crippen molar-refractivity contribution in [3.8, 4) is 0 Å². The summed E-state index contributed by atoms with van der Waals surface area (Å²) in [6.45, 7) is 1.58. The number of halogens is 2. The minimum atomic E-state index is 0.708. The summed E-state index contributed by atoms with van der Waals surface area (Å²) in [5.74, 6) is 0. The zero-order valence-electron chi connectivity index (χ0n) is 11.8. The second-order valence-corrected chi connectivity index (χ2v) is 6.35. The topological polar surface area (TPSA) is 38.4 Å². The zero-order valence-corrected chi connectivity index (χ0v) is 14.1. The van der Waals surface area contributed by atoms with E-state index in [0.29, 0.717) is 5.02 Å². The van der Waals surface area contributed by atoms with Crippen LogP contribution in [-0.2, 0) is 20.1 Å². The molecule has 110 valence electrons. The van der Waals surface area contributed by atoms with Crippen molar-refractivity contribution in [1.82, 2.24) is 24.1 Å². The maximum absolute atomic E-state index is 5.99. The first kappa shape index (κ1) is 14.6. The maximum atomic E-state index is 5.99. The summed E-state index contributed by atoms with van der Waals surface area (Å²) < 4.78 is 4.69. The third-order valence-electron chi connectivity index (χ3n) is 3.28. The largest absolute Gasteiger partial charge is 0.305 e. The molecule has 0 atom stereocenters. The summed E-state index contributed by atoms with van der Waals surface area (Å²) in [5.41, 5.74) is 3.07. The first-order chi connectivity index (χ1) is 10.0. The molecule has 0 fully saturated rings. The van der Waals surface area contributed by atoms with Crippen molar-refractivity contribution in [2.45, 2.75) is 13.1 Å². The third kappa shape index (κ3) is 3.28. The Kier molecular flexibility index (Phi) is 4.01. The molecule has 0 saturated carbocycles. The van der Waals surface area contributed by atoms with Crippen molar-refractivity contribution < 1.29 is 0 Å². The van der Waals surface area contributed by atoms with Crippen LogP contribution in [0.1, 0.15) is 11.4 Å². The molecule has 0 N–H and O–H groups in total. The lowest BCUT2D eigenvalue weighted by Crippen LogP contribution is -2.19. The first-order valence-corrected chi connectivity index (χ1v) is 7.68. The van der Waals surface area contributed by atoms with E-state index in [2.05, 4.69) is 38.0 Å². The fraction of sp³-hybridized carbons (Fsp3) is 0.286. The molecule has 0 aliphatic heterocycles. The number of aryl methyl sites for hydroxylation is 1. The fourth-order valence-corrected chi connectivity index (χ4v) is 2.99. The van der Waals surface area contributed by atoms with Crippen LogP contribution in [0.4, 0.5) is 0 Å². The molecule has 5 nitrogen and oxygen atoms in total. The van der Waals surface area contributed by atoms with E-state index in [-0.39, 0.29) is 0 Å². The molecular formula is C14H15BrClN5. The van der Waals surface area contributed by atoms with Gasteiger partial charge >= 0.3 is 0 Å². The lowest BCUT2D eigenvalue weighted by atomic mass is 10.3. The number of nitrogens with zero attached hydrogens (tertiary/aromatic N) is 5. The van der Waals surface area contributed by atoms with Crippen LogP contribution in [0.5, 0.6) is 0 Å². The SMILES string of the molecule is CN(Cc1cn2cc(Cl)ccc2n1)Cc1cc(Br)nn1C. The number of hydrogen-bond acceptors (Lipinski definition) is 3. The highest BCUT2D eigenvalue weighted by atomic mass is 79.9. The summed E-state index contributed by atoms with van der Waals surface area (Å²) in [7, 11) is 4.01. The molecule has 0 unspecified atom stereocenters. The lowest BCUT2D eigenvalue weighted by Gasteiger charge is -2.14. The summed E-state index contributed by atoms with van der Waals surface area (Å²) in [5, 5.41) is 5.00. The van der Waals surface area contributed by atoms with E-state index < -0.39 is 0 Å². The molecule has 3 aromatic heterocycles. The van der Waals surface area contributed by atoms with Gasteiger partial charge in [0.15, 0.2) is 0 Å². The first-order valence-electron chi connectivity index (χ1n) is 6.51. The molecule has 7 heteroatoms. The molecule has 0 saturated heterocycles. The molecular weight excluding hydrogens is 354 g/mol. The van der Waals surface area contributed by atoms with E-state index in [9.17, 15) is 0 Å². The third-order valence-corrected chi connectivity index (χ3v) is 3.89. The van der Waals surface area contributed by atoms with Gasteiger partial charge in [-0.05, 0) is 41.2 Å². The smallest absolute Gasteiger partial charge is 0.137 e. The van der Waals surface area contributed by atoms with Crippen molar-refractivity contribution in [2.75, 3.05) is 7.05 Å². The zero-order chi connectivity index (χ0) is 15.0. The van der Waals surface area contributed by atoms with Crippen LogP contribution in [-0.4, -0.2) is 31.1 Å². The van der Waals surface area contributed by atoms with Gasteiger partial charge in [-0.3, -0.25) is 9.58 Å². The lowest BCUT2D eigenvalue weighted by molar-refractivity contribution is 0.306. The number of rotatable bonds is 4. The van der Waals surface area contributed by atoms with Gasteiger partial charge in [-0.15, -0.1) is 0 Å². The average Bonchev–Trinajstić information content (AvgIpc) is 2.91. The Hall–Kier alpha value is -1.37. The summed E-state index contributed by atoms with van der Waals surface area (Å²) in [4.78, 5) is 6.80. The van der Waals surface area contributed by atoms with E-state index in [0.717, 1.165) is 34.7 Å². The number of pyridine rings is 1. The van der Waals surface area contributed by atoms with Crippen LogP contribution in [0.2, 0.25) is 5.02 Å². The van der Waals surface area contributed by atoms with E-state index in [1.54, 1.807) is 0 Å². The molecule has 0 spiro atoms. The number of imidazole rings is 1. The summed E-state index contributed by atoms with van der Waals surface area (Å²) in [6, 6.07) is 5.80. The van der Waals surface area contributed by atoms with Crippen molar-refractivity contribution in [1.29, 1.82) is 0 Å². The minimum absolute atomic E-state index is 0.708. The minimum Gasteiger partial charge on any atom is -0.305 e. The Morgan fingerprint density at radius 1 is 1.29 bits per heavy atom. The highest BCUT2D eigenvalue weighted by Gasteiger charge is 2.09. The average molecular weight is 369 g/mol. The highest BCUT2D eigenvalue weighted by molar-refractivity contribution is 9.10. The van der Waals surface area contributed by atoms with Gasteiger partial charge < -0.3 is 4.40 Å². The van der Waals surface area contributed by atoms with Crippen molar-refractivity contribution in [3.05, 3.63) is 51.6 Å². The Labute approximate surface area is 136 Å².